The van der Waals surface area contributed by atoms with E-state index in [-0.39, 0.29) is 41.5 Å². The molecular formula is C15H11Cl6FO2. The Balaban J connectivity index is 2.16. The summed E-state index contributed by atoms with van der Waals surface area (Å²) in [6, 6.07) is 0. The van der Waals surface area contributed by atoms with E-state index in [1.54, 1.807) is 6.08 Å². The van der Waals surface area contributed by atoms with Gasteiger partial charge in [0.25, 0.3) is 0 Å². The van der Waals surface area contributed by atoms with Crippen LogP contribution in [0.4, 0.5) is 4.39 Å². The van der Waals surface area contributed by atoms with Crippen molar-refractivity contribution in [1.82, 2.24) is 0 Å². The van der Waals surface area contributed by atoms with Crippen LogP contribution >= 0.6 is 69.6 Å². The number of esters is 1. The highest BCUT2D eigenvalue weighted by Crippen LogP contribution is 2.60. The minimum Gasteiger partial charge on any atom is -0.460 e. The van der Waals surface area contributed by atoms with Gasteiger partial charge in [-0.05, 0) is 17.4 Å². The summed E-state index contributed by atoms with van der Waals surface area (Å²) >= 11 is 34.6. The van der Waals surface area contributed by atoms with Gasteiger partial charge in [0.05, 0.1) is 26.0 Å². The quantitative estimate of drug-likeness (QED) is 0.276. The molecule has 24 heavy (non-hydrogen) atoms. The summed E-state index contributed by atoms with van der Waals surface area (Å²) in [6.45, 7) is 3.33. The molecule has 9 heteroatoms. The Morgan fingerprint density at radius 1 is 1.12 bits per heavy atom. The molecule has 132 valence electrons. The summed E-state index contributed by atoms with van der Waals surface area (Å²) < 4.78 is 19.4. The zero-order valence-electron chi connectivity index (χ0n) is 12.4. The normalized spacial score (nSPS) is 21.4. The largest absolute Gasteiger partial charge is 0.460 e. The maximum Gasteiger partial charge on any atom is 0.310 e. The second-order valence-corrected chi connectivity index (χ2v) is 8.46. The number of carbonyl (C=O) groups excluding carboxylic acids is 1. The average molecular weight is 455 g/mol. The van der Waals surface area contributed by atoms with Crippen molar-refractivity contribution in [3.63, 3.8) is 0 Å². The molecule has 0 bridgehead atoms. The van der Waals surface area contributed by atoms with Crippen LogP contribution < -0.4 is 0 Å². The van der Waals surface area contributed by atoms with Gasteiger partial charge in [-0.15, -0.1) is 0 Å². The number of halogens is 7. The Hall–Kier alpha value is 0.1000. The number of ether oxygens (including phenoxy) is 1. The summed E-state index contributed by atoms with van der Waals surface area (Å²) in [5.74, 6) is -1.99. The number of carbonyl (C=O) groups is 1. The standard InChI is InChI=1S/C15H11Cl6FO2/c1-15(2)6(3-7(16)17)8(15)14(23)24-4-5-9(18)10(19)11(20)12(21)13(5)22/h3,6,8H,4H2,1-2H3. The minimum absolute atomic E-state index is 0.0775. The smallest absolute Gasteiger partial charge is 0.310 e. The second-order valence-electron chi connectivity index (χ2n) is 5.94. The summed E-state index contributed by atoms with van der Waals surface area (Å²) in [5.41, 5.74) is -0.491. The highest BCUT2D eigenvalue weighted by atomic mass is 35.5. The van der Waals surface area contributed by atoms with Crippen LogP contribution in [-0.4, -0.2) is 5.97 Å². The molecule has 0 amide bonds. The first-order valence-corrected chi connectivity index (χ1v) is 8.96. The maximum absolute atomic E-state index is 14.2. The van der Waals surface area contributed by atoms with E-state index in [2.05, 4.69) is 0 Å². The zero-order valence-corrected chi connectivity index (χ0v) is 16.9. The van der Waals surface area contributed by atoms with Crippen LogP contribution in [0.1, 0.15) is 19.4 Å². The van der Waals surface area contributed by atoms with Crippen LogP contribution in [0, 0.1) is 23.1 Å². The molecular weight excluding hydrogens is 444 g/mol. The topological polar surface area (TPSA) is 26.3 Å². The summed E-state index contributed by atoms with van der Waals surface area (Å²) in [4.78, 5) is 12.3. The van der Waals surface area contributed by atoms with Crippen LogP contribution in [0.15, 0.2) is 10.6 Å². The lowest BCUT2D eigenvalue weighted by atomic mass is 10.1. The molecule has 0 heterocycles. The van der Waals surface area contributed by atoms with Gasteiger partial charge in [0.1, 0.15) is 11.1 Å². The summed E-state index contributed by atoms with van der Waals surface area (Å²) in [7, 11) is 0. The fourth-order valence-corrected chi connectivity index (χ4v) is 3.78. The average Bonchev–Trinajstić information content (AvgIpc) is 3.02. The van der Waals surface area contributed by atoms with E-state index < -0.39 is 24.3 Å². The third kappa shape index (κ3) is 3.77. The number of rotatable bonds is 4. The first-order valence-electron chi connectivity index (χ1n) is 6.69. The number of hydrogen-bond donors (Lipinski definition) is 0. The van der Waals surface area contributed by atoms with Crippen molar-refractivity contribution < 1.29 is 13.9 Å². The van der Waals surface area contributed by atoms with Gasteiger partial charge in [-0.1, -0.05) is 83.5 Å². The monoisotopic (exact) mass is 452 g/mol. The van der Waals surface area contributed by atoms with Gasteiger partial charge >= 0.3 is 5.97 Å². The lowest BCUT2D eigenvalue weighted by molar-refractivity contribution is -0.147. The van der Waals surface area contributed by atoms with Gasteiger partial charge in [-0.2, -0.15) is 0 Å². The number of allylic oxidation sites excluding steroid dienone is 1. The van der Waals surface area contributed by atoms with E-state index in [0.717, 1.165) is 0 Å². The molecule has 2 atom stereocenters. The predicted octanol–water partition coefficient (Wildman–Crippen LogP) is 7.07. The lowest BCUT2D eigenvalue weighted by Crippen LogP contribution is -2.12. The van der Waals surface area contributed by atoms with Crippen molar-refractivity contribution in [2.45, 2.75) is 20.5 Å². The highest BCUT2D eigenvalue weighted by Gasteiger charge is 2.61. The van der Waals surface area contributed by atoms with Crippen molar-refractivity contribution >= 4 is 75.6 Å². The van der Waals surface area contributed by atoms with Gasteiger partial charge in [0, 0.05) is 5.56 Å². The first-order chi connectivity index (χ1) is 11.0. The predicted molar refractivity (Wildman–Crippen MR) is 96.8 cm³/mol. The molecule has 0 radical (unpaired) electrons. The molecule has 2 unspecified atom stereocenters. The van der Waals surface area contributed by atoms with E-state index in [1.165, 1.54) is 0 Å². The van der Waals surface area contributed by atoms with Crippen LogP contribution in [-0.2, 0) is 16.1 Å². The molecule has 0 aliphatic heterocycles. The minimum atomic E-state index is -0.876. The molecule has 1 fully saturated rings. The molecule has 2 rings (SSSR count). The third-order valence-electron chi connectivity index (χ3n) is 4.13. The molecule has 1 aromatic rings. The van der Waals surface area contributed by atoms with E-state index in [4.69, 9.17) is 74.3 Å². The first kappa shape index (κ1) is 20.4. The van der Waals surface area contributed by atoms with Gasteiger partial charge in [0.15, 0.2) is 5.82 Å². The van der Waals surface area contributed by atoms with Gasteiger partial charge in [0.2, 0.25) is 0 Å². The van der Waals surface area contributed by atoms with Gasteiger partial charge in [-0.3, -0.25) is 4.79 Å². The van der Waals surface area contributed by atoms with E-state index in [1.807, 2.05) is 13.8 Å². The zero-order chi connectivity index (χ0) is 18.4. The van der Waals surface area contributed by atoms with Gasteiger partial charge in [-0.25, -0.2) is 4.39 Å². The molecule has 0 aromatic heterocycles. The SMILES string of the molecule is CC1(C)C(C=C(Cl)Cl)C1C(=O)OCc1c(F)c(Cl)c(Cl)c(Cl)c1Cl. The molecule has 0 N–H and O–H groups in total. The lowest BCUT2D eigenvalue weighted by Gasteiger charge is -2.12. The van der Waals surface area contributed by atoms with Crippen molar-refractivity contribution in [1.29, 1.82) is 0 Å². The molecule has 1 aliphatic rings. The van der Waals surface area contributed by atoms with Crippen LogP contribution in [0.2, 0.25) is 20.1 Å². The van der Waals surface area contributed by atoms with E-state index in [9.17, 15) is 9.18 Å². The molecule has 2 nitrogen and oxygen atoms in total. The van der Waals surface area contributed by atoms with E-state index in [0.29, 0.717) is 0 Å². The Kier molecular flexibility index (Phi) is 6.28. The Bertz CT molecular complexity index is 698. The Labute approximate surface area is 168 Å². The molecule has 0 saturated heterocycles. The highest BCUT2D eigenvalue weighted by molar-refractivity contribution is 6.56. The fraction of sp³-hybridized carbons (Fsp3) is 0.400. The van der Waals surface area contributed by atoms with Crippen molar-refractivity contribution in [2.24, 2.45) is 17.3 Å². The van der Waals surface area contributed by atoms with Gasteiger partial charge < -0.3 is 4.74 Å². The van der Waals surface area contributed by atoms with Crippen LogP contribution in [0.5, 0.6) is 0 Å². The van der Waals surface area contributed by atoms with Crippen LogP contribution in [0.3, 0.4) is 0 Å². The summed E-state index contributed by atoms with van der Waals surface area (Å²) in [6.07, 6.45) is 1.58. The Morgan fingerprint density at radius 3 is 2.21 bits per heavy atom. The van der Waals surface area contributed by atoms with Crippen molar-refractivity contribution in [2.75, 3.05) is 0 Å². The summed E-state index contributed by atoms with van der Waals surface area (Å²) in [5, 5.41) is -0.816. The Morgan fingerprint density at radius 2 is 1.67 bits per heavy atom. The van der Waals surface area contributed by atoms with Crippen LogP contribution in [0.25, 0.3) is 0 Å². The number of hydrogen-bond acceptors (Lipinski definition) is 2. The maximum atomic E-state index is 14.2. The number of benzene rings is 1. The third-order valence-corrected chi connectivity index (χ3v) is 6.20. The molecule has 1 saturated carbocycles. The second kappa shape index (κ2) is 7.38. The van der Waals surface area contributed by atoms with Crippen molar-refractivity contribution in [3.8, 4) is 0 Å². The molecule has 1 aromatic carbocycles. The van der Waals surface area contributed by atoms with E-state index >= 15 is 0 Å². The fourth-order valence-electron chi connectivity index (χ4n) is 2.58. The van der Waals surface area contributed by atoms with Crippen molar-refractivity contribution in [3.05, 3.63) is 42.0 Å². The molecule has 1 aliphatic carbocycles. The molecule has 0 spiro atoms.